The Balaban J connectivity index is 1.83. The second kappa shape index (κ2) is 7.27. The maximum atomic E-state index is 4.92. The topological polar surface area (TPSA) is 35.5 Å². The second-order valence-electron chi connectivity index (χ2n) is 6.56. The van der Waals surface area contributed by atoms with Crippen LogP contribution in [0.2, 0.25) is 0 Å². The molecule has 3 heterocycles. The lowest BCUT2D eigenvalue weighted by molar-refractivity contribution is 0.360. The molecule has 0 bridgehead atoms. The summed E-state index contributed by atoms with van der Waals surface area (Å²) < 4.78 is 0. The molecule has 2 saturated heterocycles. The highest BCUT2D eigenvalue weighted by Gasteiger charge is 2.19. The zero-order valence-corrected chi connectivity index (χ0v) is 14.1. The molecule has 1 aromatic heterocycles. The van der Waals surface area contributed by atoms with Gasteiger partial charge in [-0.3, -0.25) is 0 Å². The van der Waals surface area contributed by atoms with Crippen molar-refractivity contribution in [2.24, 2.45) is 0 Å². The quantitative estimate of drug-likeness (QED) is 0.855. The fourth-order valence-corrected chi connectivity index (χ4v) is 3.32. The van der Waals surface area contributed by atoms with Gasteiger partial charge in [-0.05, 0) is 45.7 Å². The standard InChI is InChI=1S/C17H29N5/c1-3-15-14-16(21-11-7-8-20(2)12-13-21)19-17(18-15)22-9-5-4-6-10-22/h14H,3-13H2,1-2H3. The first-order chi connectivity index (χ1) is 10.8. The summed E-state index contributed by atoms with van der Waals surface area (Å²) in [6, 6.07) is 2.19. The molecular weight excluding hydrogens is 274 g/mol. The van der Waals surface area contributed by atoms with E-state index in [1.165, 1.54) is 37.9 Å². The summed E-state index contributed by atoms with van der Waals surface area (Å²) in [5, 5.41) is 0. The van der Waals surface area contributed by atoms with Crippen LogP contribution >= 0.6 is 0 Å². The fraction of sp³-hybridized carbons (Fsp3) is 0.765. The second-order valence-corrected chi connectivity index (χ2v) is 6.56. The monoisotopic (exact) mass is 303 g/mol. The third-order valence-corrected chi connectivity index (χ3v) is 4.80. The predicted octanol–water partition coefficient (Wildman–Crippen LogP) is 2.17. The molecular formula is C17H29N5. The van der Waals surface area contributed by atoms with E-state index in [-0.39, 0.29) is 0 Å². The van der Waals surface area contributed by atoms with Gasteiger partial charge >= 0.3 is 0 Å². The number of hydrogen-bond donors (Lipinski definition) is 0. The van der Waals surface area contributed by atoms with Gasteiger partial charge in [0.15, 0.2) is 0 Å². The minimum absolute atomic E-state index is 0.951. The van der Waals surface area contributed by atoms with Crippen LogP contribution in [0, 0.1) is 0 Å². The number of anilines is 2. The van der Waals surface area contributed by atoms with Gasteiger partial charge in [-0.2, -0.15) is 4.98 Å². The Labute approximate surface area is 134 Å². The van der Waals surface area contributed by atoms with Crippen molar-refractivity contribution >= 4 is 11.8 Å². The molecule has 122 valence electrons. The highest BCUT2D eigenvalue weighted by Crippen LogP contribution is 2.22. The van der Waals surface area contributed by atoms with Crippen LogP contribution in [0.4, 0.5) is 11.8 Å². The number of hydrogen-bond acceptors (Lipinski definition) is 5. The Bertz CT molecular complexity index is 484. The van der Waals surface area contributed by atoms with Crippen LogP contribution in [0.15, 0.2) is 6.07 Å². The average Bonchev–Trinajstić information content (AvgIpc) is 2.80. The number of nitrogens with zero attached hydrogens (tertiary/aromatic N) is 5. The molecule has 0 atom stereocenters. The summed E-state index contributed by atoms with van der Waals surface area (Å²) in [6.45, 7) is 8.86. The van der Waals surface area contributed by atoms with E-state index in [4.69, 9.17) is 9.97 Å². The Morgan fingerprint density at radius 1 is 0.864 bits per heavy atom. The smallest absolute Gasteiger partial charge is 0.227 e. The van der Waals surface area contributed by atoms with E-state index < -0.39 is 0 Å². The number of rotatable bonds is 3. The van der Waals surface area contributed by atoms with Crippen molar-refractivity contribution < 1.29 is 0 Å². The molecule has 3 rings (SSSR count). The van der Waals surface area contributed by atoms with Crippen molar-refractivity contribution in [2.45, 2.75) is 39.0 Å². The van der Waals surface area contributed by atoms with Crippen LogP contribution in [0.1, 0.15) is 38.3 Å². The van der Waals surface area contributed by atoms with E-state index in [1.807, 2.05) is 0 Å². The normalized spacial score (nSPS) is 21.0. The van der Waals surface area contributed by atoms with Crippen molar-refractivity contribution in [2.75, 3.05) is 56.1 Å². The average molecular weight is 303 g/mol. The molecule has 1 aromatic rings. The van der Waals surface area contributed by atoms with Crippen LogP contribution in [-0.2, 0) is 6.42 Å². The van der Waals surface area contributed by atoms with Gasteiger partial charge in [0, 0.05) is 44.5 Å². The number of aryl methyl sites for hydroxylation is 1. The third-order valence-electron chi connectivity index (χ3n) is 4.80. The summed E-state index contributed by atoms with van der Waals surface area (Å²) in [4.78, 5) is 16.9. The maximum absolute atomic E-state index is 4.92. The third kappa shape index (κ3) is 3.69. The summed E-state index contributed by atoms with van der Waals surface area (Å²) in [6.07, 6.45) is 6.06. The highest BCUT2D eigenvalue weighted by atomic mass is 15.3. The largest absolute Gasteiger partial charge is 0.355 e. The Morgan fingerprint density at radius 3 is 2.41 bits per heavy atom. The van der Waals surface area contributed by atoms with Crippen molar-refractivity contribution in [3.05, 3.63) is 11.8 Å². The lowest BCUT2D eigenvalue weighted by Gasteiger charge is -2.29. The van der Waals surface area contributed by atoms with Crippen molar-refractivity contribution in [3.63, 3.8) is 0 Å². The van der Waals surface area contributed by atoms with E-state index in [0.29, 0.717) is 0 Å². The molecule has 22 heavy (non-hydrogen) atoms. The number of piperidine rings is 1. The Hall–Kier alpha value is -1.36. The van der Waals surface area contributed by atoms with Gasteiger partial charge in [-0.25, -0.2) is 4.98 Å². The number of likely N-dealkylation sites (N-methyl/N-ethyl adjacent to an activating group) is 1. The van der Waals surface area contributed by atoms with Gasteiger partial charge < -0.3 is 14.7 Å². The molecule has 0 spiro atoms. The van der Waals surface area contributed by atoms with Crippen LogP contribution in [0.25, 0.3) is 0 Å². The molecule has 2 aliphatic rings. The SMILES string of the molecule is CCc1cc(N2CCCN(C)CC2)nc(N2CCCCC2)n1. The van der Waals surface area contributed by atoms with Crippen molar-refractivity contribution in [1.82, 2.24) is 14.9 Å². The van der Waals surface area contributed by atoms with Gasteiger partial charge in [0.25, 0.3) is 0 Å². The zero-order valence-electron chi connectivity index (χ0n) is 14.1. The van der Waals surface area contributed by atoms with Gasteiger partial charge in [0.2, 0.25) is 5.95 Å². The van der Waals surface area contributed by atoms with Crippen LogP contribution in [0.5, 0.6) is 0 Å². The van der Waals surface area contributed by atoms with Gasteiger partial charge in [0.1, 0.15) is 5.82 Å². The zero-order chi connectivity index (χ0) is 15.4. The molecule has 0 radical (unpaired) electrons. The van der Waals surface area contributed by atoms with E-state index in [1.54, 1.807) is 0 Å². The van der Waals surface area contributed by atoms with Gasteiger partial charge in [-0.15, -0.1) is 0 Å². The first kappa shape index (κ1) is 15.5. The molecule has 0 N–H and O–H groups in total. The highest BCUT2D eigenvalue weighted by molar-refractivity contribution is 5.46. The summed E-state index contributed by atoms with van der Waals surface area (Å²) in [7, 11) is 2.21. The first-order valence-corrected chi connectivity index (χ1v) is 8.82. The van der Waals surface area contributed by atoms with Gasteiger partial charge in [-0.1, -0.05) is 6.92 Å². The van der Waals surface area contributed by atoms with Gasteiger partial charge in [0.05, 0.1) is 0 Å². The molecule has 0 aromatic carbocycles. The maximum Gasteiger partial charge on any atom is 0.227 e. The fourth-order valence-electron chi connectivity index (χ4n) is 3.32. The summed E-state index contributed by atoms with van der Waals surface area (Å²) >= 11 is 0. The Kier molecular flexibility index (Phi) is 5.13. The van der Waals surface area contributed by atoms with E-state index in [0.717, 1.165) is 50.9 Å². The lowest BCUT2D eigenvalue weighted by Crippen LogP contribution is -2.33. The number of aromatic nitrogens is 2. The van der Waals surface area contributed by atoms with Crippen molar-refractivity contribution in [3.8, 4) is 0 Å². The molecule has 0 aliphatic carbocycles. The van der Waals surface area contributed by atoms with Crippen LogP contribution in [-0.4, -0.2) is 61.2 Å². The lowest BCUT2D eigenvalue weighted by atomic mass is 10.1. The molecule has 5 heteroatoms. The molecule has 5 nitrogen and oxygen atoms in total. The first-order valence-electron chi connectivity index (χ1n) is 8.82. The van der Waals surface area contributed by atoms with Crippen molar-refractivity contribution in [1.29, 1.82) is 0 Å². The molecule has 2 fully saturated rings. The predicted molar refractivity (Wildman–Crippen MR) is 91.8 cm³/mol. The minimum atomic E-state index is 0.951. The molecule has 0 saturated carbocycles. The van der Waals surface area contributed by atoms with E-state index in [9.17, 15) is 0 Å². The molecule has 0 unspecified atom stereocenters. The minimum Gasteiger partial charge on any atom is -0.355 e. The van der Waals surface area contributed by atoms with Crippen LogP contribution < -0.4 is 9.80 Å². The Morgan fingerprint density at radius 2 is 1.64 bits per heavy atom. The van der Waals surface area contributed by atoms with Crippen LogP contribution in [0.3, 0.4) is 0 Å². The summed E-state index contributed by atoms with van der Waals surface area (Å²) in [5.41, 5.74) is 1.17. The summed E-state index contributed by atoms with van der Waals surface area (Å²) in [5.74, 6) is 2.08. The molecule has 2 aliphatic heterocycles. The molecule has 0 amide bonds. The van der Waals surface area contributed by atoms with E-state index >= 15 is 0 Å². The van der Waals surface area contributed by atoms with E-state index in [2.05, 4.69) is 34.7 Å².